The first-order valence-corrected chi connectivity index (χ1v) is 13.3. The number of allylic oxidation sites excluding steroid dienone is 1. The van der Waals surface area contributed by atoms with Crippen molar-refractivity contribution in [3.8, 4) is 11.1 Å². The molecule has 3 aromatic rings. The van der Waals surface area contributed by atoms with Crippen LogP contribution in [0.5, 0.6) is 0 Å². The zero-order chi connectivity index (χ0) is 25.3. The molecule has 3 heteroatoms. The summed E-state index contributed by atoms with van der Waals surface area (Å²) in [4.78, 5) is 2.39. The molecular formula is C33H39NO2. The molecule has 1 aliphatic heterocycles. The molecule has 0 aromatic heterocycles. The van der Waals surface area contributed by atoms with Crippen molar-refractivity contribution in [3.63, 3.8) is 0 Å². The van der Waals surface area contributed by atoms with Crippen LogP contribution in [0, 0.1) is 5.41 Å². The van der Waals surface area contributed by atoms with E-state index in [1.54, 1.807) is 0 Å². The number of rotatable bonds is 5. The van der Waals surface area contributed by atoms with Gasteiger partial charge >= 0.3 is 0 Å². The monoisotopic (exact) mass is 481 g/mol. The minimum atomic E-state index is -0.389. The predicted molar refractivity (Wildman–Crippen MR) is 151 cm³/mol. The van der Waals surface area contributed by atoms with Gasteiger partial charge in [-0.15, -0.1) is 0 Å². The smallest absolute Gasteiger partial charge is 0.0642 e. The molecule has 2 aliphatic rings. The van der Waals surface area contributed by atoms with Gasteiger partial charge in [-0.05, 0) is 70.7 Å². The summed E-state index contributed by atoms with van der Waals surface area (Å²) < 4.78 is 5.53. The Morgan fingerprint density at radius 3 is 2.28 bits per heavy atom. The topological polar surface area (TPSA) is 32.7 Å². The van der Waals surface area contributed by atoms with Gasteiger partial charge in [-0.2, -0.15) is 0 Å². The SMILES string of the molecule is CC(O)Cc1ccc2c(c1-c1ccc(N3CCOCC3)cc1)C=CC(c1ccccc1)(C(C)(C)C)C2. The third-order valence-electron chi connectivity index (χ3n) is 8.10. The molecule has 0 saturated carbocycles. The molecule has 3 nitrogen and oxygen atoms in total. The molecule has 1 heterocycles. The highest BCUT2D eigenvalue weighted by atomic mass is 16.5. The first-order valence-electron chi connectivity index (χ1n) is 13.3. The molecule has 2 unspecified atom stereocenters. The molecule has 3 aromatic carbocycles. The van der Waals surface area contributed by atoms with E-state index >= 15 is 0 Å². The van der Waals surface area contributed by atoms with Crippen LogP contribution in [0.2, 0.25) is 0 Å². The van der Waals surface area contributed by atoms with Crippen LogP contribution < -0.4 is 4.90 Å². The summed E-state index contributed by atoms with van der Waals surface area (Å²) in [5.41, 5.74) is 8.93. The maximum absolute atomic E-state index is 10.3. The average Bonchev–Trinajstić information content (AvgIpc) is 2.88. The quantitative estimate of drug-likeness (QED) is 0.442. The van der Waals surface area contributed by atoms with Crippen LogP contribution in [0.3, 0.4) is 0 Å². The van der Waals surface area contributed by atoms with Gasteiger partial charge in [0.05, 0.1) is 19.3 Å². The minimum Gasteiger partial charge on any atom is -0.393 e. The number of aliphatic hydroxyl groups is 1. The first kappa shape index (κ1) is 24.8. The zero-order valence-electron chi connectivity index (χ0n) is 22.1. The predicted octanol–water partition coefficient (Wildman–Crippen LogP) is 6.67. The van der Waals surface area contributed by atoms with Crippen molar-refractivity contribution in [1.82, 2.24) is 0 Å². The Balaban J connectivity index is 1.60. The van der Waals surface area contributed by atoms with Crippen molar-refractivity contribution >= 4 is 11.8 Å². The van der Waals surface area contributed by atoms with Gasteiger partial charge in [0.1, 0.15) is 0 Å². The van der Waals surface area contributed by atoms with Gasteiger partial charge in [-0.1, -0.05) is 87.5 Å². The van der Waals surface area contributed by atoms with Crippen molar-refractivity contribution in [3.05, 3.63) is 95.1 Å². The van der Waals surface area contributed by atoms with Crippen LogP contribution in [-0.4, -0.2) is 37.5 Å². The van der Waals surface area contributed by atoms with E-state index < -0.39 is 0 Å². The normalized spacial score (nSPS) is 20.8. The highest BCUT2D eigenvalue weighted by Gasteiger charge is 2.43. The summed E-state index contributed by atoms with van der Waals surface area (Å²) in [6.07, 6.45) is 6.02. The maximum atomic E-state index is 10.3. The second-order valence-corrected chi connectivity index (χ2v) is 11.5. The number of nitrogens with zero attached hydrogens (tertiary/aromatic N) is 1. The molecule has 1 saturated heterocycles. The third-order valence-corrected chi connectivity index (χ3v) is 8.10. The molecule has 36 heavy (non-hydrogen) atoms. The van der Waals surface area contributed by atoms with Crippen LogP contribution in [0.15, 0.2) is 72.8 Å². The number of anilines is 1. The lowest BCUT2D eigenvalue weighted by molar-refractivity contribution is 0.122. The summed E-state index contributed by atoms with van der Waals surface area (Å²) in [6, 6.07) is 24.5. The Hall–Kier alpha value is -2.88. The van der Waals surface area contributed by atoms with Gasteiger partial charge < -0.3 is 14.7 Å². The van der Waals surface area contributed by atoms with Gasteiger partial charge in [-0.3, -0.25) is 0 Å². The first-order chi connectivity index (χ1) is 17.3. The molecular weight excluding hydrogens is 442 g/mol. The number of aliphatic hydroxyl groups excluding tert-OH is 1. The van der Waals surface area contributed by atoms with Gasteiger partial charge in [-0.25, -0.2) is 0 Å². The van der Waals surface area contributed by atoms with Gasteiger partial charge in [0.2, 0.25) is 0 Å². The lowest BCUT2D eigenvalue weighted by atomic mass is 9.57. The Labute approximate surface area is 216 Å². The van der Waals surface area contributed by atoms with Crippen LogP contribution >= 0.6 is 0 Å². The van der Waals surface area contributed by atoms with Crippen molar-refractivity contribution < 1.29 is 9.84 Å². The number of hydrogen-bond acceptors (Lipinski definition) is 3. The van der Waals surface area contributed by atoms with Crippen molar-refractivity contribution in [2.75, 3.05) is 31.2 Å². The fourth-order valence-corrected chi connectivity index (χ4v) is 6.01. The zero-order valence-corrected chi connectivity index (χ0v) is 22.1. The highest BCUT2D eigenvalue weighted by molar-refractivity contribution is 5.82. The fourth-order valence-electron chi connectivity index (χ4n) is 6.01. The number of benzene rings is 3. The Morgan fingerprint density at radius 1 is 0.944 bits per heavy atom. The largest absolute Gasteiger partial charge is 0.393 e. The summed E-state index contributed by atoms with van der Waals surface area (Å²) in [7, 11) is 0. The van der Waals surface area contributed by atoms with E-state index in [0.717, 1.165) is 32.7 Å². The van der Waals surface area contributed by atoms with Crippen LogP contribution in [0.25, 0.3) is 17.2 Å². The molecule has 1 N–H and O–H groups in total. The lowest BCUT2D eigenvalue weighted by Gasteiger charge is -2.46. The molecule has 1 fully saturated rings. The average molecular weight is 482 g/mol. The van der Waals surface area contributed by atoms with E-state index in [2.05, 4.69) is 105 Å². The van der Waals surface area contributed by atoms with Crippen molar-refractivity contribution in [1.29, 1.82) is 0 Å². The molecule has 2 atom stereocenters. The van der Waals surface area contributed by atoms with E-state index in [4.69, 9.17) is 4.74 Å². The molecule has 0 amide bonds. The summed E-state index contributed by atoms with van der Waals surface area (Å²) in [5, 5.41) is 10.3. The van der Waals surface area contributed by atoms with E-state index in [9.17, 15) is 5.11 Å². The highest BCUT2D eigenvalue weighted by Crippen LogP contribution is 2.50. The van der Waals surface area contributed by atoms with E-state index in [0.29, 0.717) is 6.42 Å². The molecule has 5 rings (SSSR count). The molecule has 0 bridgehead atoms. The third kappa shape index (κ3) is 4.63. The Morgan fingerprint density at radius 2 is 1.64 bits per heavy atom. The van der Waals surface area contributed by atoms with Crippen LogP contribution in [-0.2, 0) is 23.0 Å². The van der Waals surface area contributed by atoms with E-state index in [1.807, 2.05) is 6.92 Å². The second-order valence-electron chi connectivity index (χ2n) is 11.5. The maximum Gasteiger partial charge on any atom is 0.0642 e. The summed E-state index contributed by atoms with van der Waals surface area (Å²) >= 11 is 0. The molecule has 0 radical (unpaired) electrons. The van der Waals surface area contributed by atoms with Crippen LogP contribution in [0.1, 0.15) is 49.9 Å². The summed E-state index contributed by atoms with van der Waals surface area (Å²) in [5.74, 6) is 0. The van der Waals surface area contributed by atoms with Crippen molar-refractivity contribution in [2.45, 2.75) is 52.1 Å². The minimum absolute atomic E-state index is 0.0563. The standard InChI is InChI=1S/C33H39NO2/c1-24(35)22-26-10-11-27-23-33(32(2,3)4,28-8-6-5-7-9-28)17-16-30(27)31(26)25-12-14-29(15-13-25)34-18-20-36-21-19-34/h5-17,24,35H,18-23H2,1-4H3. The van der Waals surface area contributed by atoms with Crippen LogP contribution in [0.4, 0.5) is 5.69 Å². The lowest BCUT2D eigenvalue weighted by Crippen LogP contribution is -2.41. The van der Waals surface area contributed by atoms with Crippen molar-refractivity contribution in [2.24, 2.45) is 5.41 Å². The number of morpholine rings is 1. The van der Waals surface area contributed by atoms with Gasteiger partial charge in [0, 0.05) is 24.2 Å². The number of fused-ring (bicyclic) bond motifs is 1. The number of hydrogen-bond donors (Lipinski definition) is 1. The molecule has 1 aliphatic carbocycles. The van der Waals surface area contributed by atoms with E-state index in [1.165, 1.54) is 39.1 Å². The molecule has 0 spiro atoms. The second kappa shape index (κ2) is 9.88. The van der Waals surface area contributed by atoms with Gasteiger partial charge in [0.15, 0.2) is 0 Å². The van der Waals surface area contributed by atoms with E-state index in [-0.39, 0.29) is 16.9 Å². The Kier molecular flexibility index (Phi) is 6.80. The summed E-state index contributed by atoms with van der Waals surface area (Å²) in [6.45, 7) is 12.4. The van der Waals surface area contributed by atoms with Gasteiger partial charge in [0.25, 0.3) is 0 Å². The number of ether oxygens (including phenoxy) is 1. The molecule has 188 valence electrons. The Bertz CT molecular complexity index is 1220. The fraction of sp³-hybridized carbons (Fsp3) is 0.394.